The summed E-state index contributed by atoms with van der Waals surface area (Å²) in [4.78, 5) is 13.0. The number of carbonyl (C=O) groups excluding carboxylic acids is 1. The molecule has 2 aliphatic heterocycles. The van der Waals surface area contributed by atoms with Crippen LogP contribution in [0.4, 0.5) is 0 Å². The number of rotatable bonds is 3. The Morgan fingerprint density at radius 2 is 2.62 bits per heavy atom. The summed E-state index contributed by atoms with van der Waals surface area (Å²) in [5.74, 6) is 1.36. The van der Waals surface area contributed by atoms with Gasteiger partial charge in [0.1, 0.15) is 0 Å². The van der Waals surface area contributed by atoms with Crippen LogP contribution >= 0.6 is 11.8 Å². The van der Waals surface area contributed by atoms with Gasteiger partial charge >= 0.3 is 0 Å². The number of fused-ring (bicyclic) bond motifs is 1. The Morgan fingerprint density at radius 1 is 1.77 bits per heavy atom. The third-order valence-corrected chi connectivity index (χ3v) is 3.72. The van der Waals surface area contributed by atoms with Crippen LogP contribution in [0.1, 0.15) is 19.3 Å². The first-order chi connectivity index (χ1) is 6.31. The van der Waals surface area contributed by atoms with Gasteiger partial charge in [0.25, 0.3) is 0 Å². The molecule has 2 nitrogen and oxygen atoms in total. The van der Waals surface area contributed by atoms with E-state index in [1.54, 1.807) is 0 Å². The van der Waals surface area contributed by atoms with Gasteiger partial charge < -0.3 is 4.90 Å². The number of allylic oxidation sites excluding steroid dienone is 1. The highest BCUT2D eigenvalue weighted by molar-refractivity contribution is 8.00. The molecule has 2 heterocycles. The van der Waals surface area contributed by atoms with Gasteiger partial charge in [-0.2, -0.15) is 0 Å². The van der Waals surface area contributed by atoms with Crippen LogP contribution in [0.25, 0.3) is 0 Å². The molecule has 1 atom stereocenters. The minimum Gasteiger partial charge on any atom is -0.306 e. The van der Waals surface area contributed by atoms with E-state index in [0.29, 0.717) is 5.37 Å². The van der Waals surface area contributed by atoms with Crippen LogP contribution in [0, 0.1) is 0 Å². The molecular formula is C10H13NOS. The normalized spacial score (nSPS) is 26.2. The summed E-state index contributed by atoms with van der Waals surface area (Å²) in [7, 11) is 0. The van der Waals surface area contributed by atoms with Crippen LogP contribution in [0.15, 0.2) is 24.4 Å². The van der Waals surface area contributed by atoms with Crippen molar-refractivity contribution >= 4 is 17.7 Å². The Hall–Kier alpha value is -0.700. The van der Waals surface area contributed by atoms with Gasteiger partial charge in [-0.25, -0.2) is 0 Å². The lowest BCUT2D eigenvalue weighted by Crippen LogP contribution is -2.49. The van der Waals surface area contributed by atoms with Crippen molar-refractivity contribution < 1.29 is 4.79 Å². The highest BCUT2D eigenvalue weighted by atomic mass is 32.2. The molecular weight excluding hydrogens is 182 g/mol. The van der Waals surface area contributed by atoms with Crippen molar-refractivity contribution in [3.05, 3.63) is 24.4 Å². The van der Waals surface area contributed by atoms with Crippen molar-refractivity contribution in [2.75, 3.05) is 5.75 Å². The Labute approximate surface area is 82.7 Å². The van der Waals surface area contributed by atoms with Crippen molar-refractivity contribution in [3.63, 3.8) is 0 Å². The number of hydrogen-bond donors (Lipinski definition) is 0. The predicted molar refractivity (Wildman–Crippen MR) is 55.2 cm³/mol. The lowest BCUT2D eigenvalue weighted by molar-refractivity contribution is -0.137. The Morgan fingerprint density at radius 3 is 3.31 bits per heavy atom. The van der Waals surface area contributed by atoms with Crippen LogP contribution in [0.5, 0.6) is 0 Å². The molecule has 0 bridgehead atoms. The van der Waals surface area contributed by atoms with Crippen LogP contribution in [0.3, 0.4) is 0 Å². The first-order valence-corrected chi connectivity index (χ1v) is 5.59. The van der Waals surface area contributed by atoms with Crippen LogP contribution in [-0.2, 0) is 4.79 Å². The quantitative estimate of drug-likeness (QED) is 0.508. The minimum atomic E-state index is 0.272. The maximum Gasteiger partial charge on any atom is 0.230 e. The number of hydrogen-bond acceptors (Lipinski definition) is 2. The lowest BCUT2D eigenvalue weighted by atomic mass is 10.1. The molecule has 13 heavy (non-hydrogen) atoms. The highest BCUT2D eigenvalue weighted by Gasteiger charge is 2.37. The molecule has 1 saturated heterocycles. The van der Waals surface area contributed by atoms with Gasteiger partial charge in [0.05, 0.1) is 11.8 Å². The van der Waals surface area contributed by atoms with E-state index in [2.05, 4.69) is 6.58 Å². The average Bonchev–Trinajstić information content (AvgIpc) is 2.14. The second kappa shape index (κ2) is 3.58. The van der Waals surface area contributed by atoms with Gasteiger partial charge in [0.2, 0.25) is 5.91 Å². The summed E-state index contributed by atoms with van der Waals surface area (Å²) in [6, 6.07) is 0. The summed E-state index contributed by atoms with van der Waals surface area (Å²) < 4.78 is 0. The fraction of sp³-hybridized carbons (Fsp3) is 0.500. The molecule has 0 aliphatic carbocycles. The minimum absolute atomic E-state index is 0.272. The summed E-state index contributed by atoms with van der Waals surface area (Å²) in [5.41, 5.74) is 1.37. The van der Waals surface area contributed by atoms with E-state index in [1.807, 2.05) is 28.9 Å². The van der Waals surface area contributed by atoms with E-state index in [-0.39, 0.29) is 5.91 Å². The second-order valence-corrected chi connectivity index (χ2v) is 4.55. The predicted octanol–water partition coefficient (Wildman–Crippen LogP) is 2.14. The Balaban J connectivity index is 1.97. The number of carbonyl (C=O) groups is 1. The van der Waals surface area contributed by atoms with Crippen molar-refractivity contribution in [1.29, 1.82) is 0 Å². The van der Waals surface area contributed by atoms with Crippen LogP contribution in [-0.4, -0.2) is 21.9 Å². The molecule has 1 fully saturated rings. The SMILES string of the molecule is C=CCCC1=CN2C(=O)C[C@H]2SC1. The zero-order valence-electron chi connectivity index (χ0n) is 7.53. The molecule has 0 radical (unpaired) electrons. The third kappa shape index (κ3) is 1.66. The maximum absolute atomic E-state index is 11.1. The van der Waals surface area contributed by atoms with Gasteiger partial charge in [0.15, 0.2) is 0 Å². The molecule has 0 unspecified atom stereocenters. The number of amides is 1. The molecule has 2 aliphatic rings. The number of β-lactam (4-membered cyclic amide) rings is 1. The fourth-order valence-corrected chi connectivity index (χ4v) is 2.78. The first kappa shape index (κ1) is 8.88. The smallest absolute Gasteiger partial charge is 0.230 e. The van der Waals surface area contributed by atoms with Crippen molar-refractivity contribution in [2.24, 2.45) is 0 Å². The van der Waals surface area contributed by atoms with Gasteiger partial charge in [-0.05, 0) is 18.4 Å². The summed E-state index contributed by atoms with van der Waals surface area (Å²) in [6.07, 6.45) is 6.76. The first-order valence-electron chi connectivity index (χ1n) is 4.54. The van der Waals surface area contributed by atoms with E-state index >= 15 is 0 Å². The zero-order chi connectivity index (χ0) is 9.26. The van der Waals surface area contributed by atoms with Gasteiger partial charge in [0, 0.05) is 12.0 Å². The van der Waals surface area contributed by atoms with E-state index in [4.69, 9.17) is 0 Å². The van der Waals surface area contributed by atoms with Crippen LogP contribution in [0.2, 0.25) is 0 Å². The third-order valence-electron chi connectivity index (χ3n) is 2.40. The number of thioether (sulfide) groups is 1. The average molecular weight is 195 g/mol. The molecule has 0 saturated carbocycles. The zero-order valence-corrected chi connectivity index (χ0v) is 8.35. The standard InChI is InChI=1S/C10H13NOS/c1-2-3-4-8-6-11-9(12)5-10(11)13-7-8/h2,6,10H,1,3-5,7H2/t10-/m1/s1. The van der Waals surface area contributed by atoms with Gasteiger partial charge in [-0.3, -0.25) is 4.79 Å². The van der Waals surface area contributed by atoms with Crippen LogP contribution < -0.4 is 0 Å². The van der Waals surface area contributed by atoms with E-state index in [0.717, 1.165) is 25.0 Å². The van der Waals surface area contributed by atoms with E-state index in [1.165, 1.54) is 5.57 Å². The summed E-state index contributed by atoms with van der Waals surface area (Å²) in [5, 5.41) is 0.444. The molecule has 70 valence electrons. The molecule has 3 heteroatoms. The molecule has 0 aromatic carbocycles. The fourth-order valence-electron chi connectivity index (χ4n) is 1.56. The topological polar surface area (TPSA) is 20.3 Å². The molecule has 0 aromatic heterocycles. The van der Waals surface area contributed by atoms with Crippen molar-refractivity contribution in [1.82, 2.24) is 4.90 Å². The Bertz CT molecular complexity index is 272. The highest BCUT2D eigenvalue weighted by Crippen LogP contribution is 2.36. The molecule has 1 amide bonds. The Kier molecular flexibility index (Phi) is 2.44. The monoisotopic (exact) mass is 195 g/mol. The van der Waals surface area contributed by atoms with E-state index in [9.17, 15) is 4.79 Å². The van der Waals surface area contributed by atoms with Gasteiger partial charge in [-0.15, -0.1) is 18.3 Å². The second-order valence-electron chi connectivity index (χ2n) is 3.39. The van der Waals surface area contributed by atoms with E-state index < -0.39 is 0 Å². The van der Waals surface area contributed by atoms with Crippen molar-refractivity contribution in [3.8, 4) is 0 Å². The molecule has 2 rings (SSSR count). The lowest BCUT2D eigenvalue weighted by Gasteiger charge is -2.41. The maximum atomic E-state index is 11.1. The molecule has 0 aromatic rings. The van der Waals surface area contributed by atoms with Gasteiger partial charge in [-0.1, -0.05) is 6.08 Å². The van der Waals surface area contributed by atoms with Crippen molar-refractivity contribution in [2.45, 2.75) is 24.6 Å². The summed E-state index contributed by atoms with van der Waals surface area (Å²) >= 11 is 1.88. The molecule has 0 spiro atoms. The number of nitrogens with zero attached hydrogens (tertiary/aromatic N) is 1. The summed E-state index contributed by atoms with van der Waals surface area (Å²) in [6.45, 7) is 3.69. The largest absolute Gasteiger partial charge is 0.306 e. The molecule has 0 N–H and O–H groups in total.